The molecule has 20 heavy (non-hydrogen) atoms. The predicted octanol–water partition coefficient (Wildman–Crippen LogP) is 3.33. The maximum absolute atomic E-state index is 13.5. The lowest BCUT2D eigenvalue weighted by Gasteiger charge is -2.03. The van der Waals surface area contributed by atoms with Gasteiger partial charge < -0.3 is 0 Å². The Kier molecular flexibility index (Phi) is 3.54. The van der Waals surface area contributed by atoms with Gasteiger partial charge >= 0.3 is 0 Å². The van der Waals surface area contributed by atoms with Gasteiger partial charge in [-0.2, -0.15) is 0 Å². The third kappa shape index (κ3) is 2.59. The number of thioether (sulfide) groups is 1. The molecule has 0 atom stereocenters. The van der Waals surface area contributed by atoms with Crippen LogP contribution in [0.25, 0.3) is 4.96 Å². The van der Waals surface area contributed by atoms with Crippen LogP contribution in [0, 0.1) is 11.6 Å². The van der Waals surface area contributed by atoms with Crippen LogP contribution in [0.2, 0.25) is 0 Å². The summed E-state index contributed by atoms with van der Waals surface area (Å²) in [6, 6.07) is 4.70. The van der Waals surface area contributed by atoms with Crippen molar-refractivity contribution in [3.05, 3.63) is 63.5 Å². The van der Waals surface area contributed by atoms with Gasteiger partial charge in [0.25, 0.3) is 5.56 Å². The summed E-state index contributed by atoms with van der Waals surface area (Å²) >= 11 is 2.46. The average molecular weight is 310 g/mol. The van der Waals surface area contributed by atoms with E-state index in [4.69, 9.17) is 0 Å². The fraction of sp³-hybridized carbons (Fsp3) is 0.0769. The Morgan fingerprint density at radius 3 is 3.00 bits per heavy atom. The fourth-order valence-electron chi connectivity index (χ4n) is 1.70. The summed E-state index contributed by atoms with van der Waals surface area (Å²) in [7, 11) is 0. The smallest absolute Gasteiger partial charge is 0.258 e. The van der Waals surface area contributed by atoms with Gasteiger partial charge in [-0.25, -0.2) is 13.8 Å². The van der Waals surface area contributed by atoms with Gasteiger partial charge in [0.15, 0.2) is 4.96 Å². The highest BCUT2D eigenvalue weighted by Gasteiger charge is 2.08. The molecule has 1 aromatic carbocycles. The molecule has 102 valence electrons. The van der Waals surface area contributed by atoms with Crippen LogP contribution in [-0.2, 0) is 5.75 Å². The molecule has 0 spiro atoms. The Morgan fingerprint density at radius 2 is 2.15 bits per heavy atom. The van der Waals surface area contributed by atoms with Crippen molar-refractivity contribution in [2.45, 2.75) is 10.6 Å². The number of hydrogen-bond acceptors (Lipinski definition) is 4. The van der Waals surface area contributed by atoms with Crippen molar-refractivity contribution in [3.63, 3.8) is 0 Å². The van der Waals surface area contributed by atoms with Crippen LogP contribution in [0.15, 0.2) is 45.5 Å². The van der Waals surface area contributed by atoms with E-state index >= 15 is 0 Å². The second kappa shape index (κ2) is 5.34. The van der Waals surface area contributed by atoms with E-state index in [2.05, 4.69) is 4.98 Å². The van der Waals surface area contributed by atoms with Gasteiger partial charge in [0.1, 0.15) is 11.6 Å². The Morgan fingerprint density at radius 1 is 1.30 bits per heavy atom. The highest BCUT2D eigenvalue weighted by Crippen LogP contribution is 2.25. The molecule has 2 aromatic heterocycles. The molecule has 0 aliphatic carbocycles. The number of fused-ring (bicyclic) bond motifs is 1. The first-order valence-electron chi connectivity index (χ1n) is 5.67. The summed E-state index contributed by atoms with van der Waals surface area (Å²) < 4.78 is 28.0. The first kappa shape index (κ1) is 13.3. The Labute approximate surface area is 120 Å². The van der Waals surface area contributed by atoms with E-state index in [1.54, 1.807) is 11.6 Å². The Hall–Kier alpha value is -1.73. The van der Waals surface area contributed by atoms with Gasteiger partial charge in [-0.05, 0) is 18.2 Å². The lowest BCUT2D eigenvalue weighted by atomic mass is 10.3. The summed E-state index contributed by atoms with van der Waals surface area (Å²) in [6.07, 6.45) is 1.65. The lowest BCUT2D eigenvalue weighted by Crippen LogP contribution is -2.12. The molecule has 0 aliphatic heterocycles. The molecule has 3 rings (SSSR count). The molecular formula is C13H8F2N2OS2. The minimum Gasteiger partial charge on any atom is -0.269 e. The van der Waals surface area contributed by atoms with E-state index in [0.717, 1.165) is 30.0 Å². The van der Waals surface area contributed by atoms with Crippen LogP contribution in [0.4, 0.5) is 8.78 Å². The summed E-state index contributed by atoms with van der Waals surface area (Å²) in [5, 5.41) is 1.77. The van der Waals surface area contributed by atoms with E-state index in [-0.39, 0.29) is 10.5 Å². The van der Waals surface area contributed by atoms with Gasteiger partial charge in [-0.1, -0.05) is 0 Å². The SMILES string of the molecule is O=c1cc(CSc2cc(F)ccc2F)nc2sccn12. The van der Waals surface area contributed by atoms with Crippen LogP contribution in [-0.4, -0.2) is 9.38 Å². The number of aromatic nitrogens is 2. The van der Waals surface area contributed by atoms with E-state index in [1.165, 1.54) is 21.8 Å². The van der Waals surface area contributed by atoms with Crippen LogP contribution in [0.5, 0.6) is 0 Å². The Bertz CT molecular complexity index is 829. The van der Waals surface area contributed by atoms with Gasteiger partial charge in [-0.3, -0.25) is 9.20 Å². The number of nitrogens with zero attached hydrogens (tertiary/aromatic N) is 2. The van der Waals surface area contributed by atoms with E-state index in [9.17, 15) is 13.6 Å². The molecule has 0 fully saturated rings. The molecule has 3 aromatic rings. The molecule has 2 heterocycles. The van der Waals surface area contributed by atoms with Crippen molar-refractivity contribution < 1.29 is 8.78 Å². The molecule has 0 amide bonds. The van der Waals surface area contributed by atoms with Crippen LogP contribution >= 0.6 is 23.1 Å². The quantitative estimate of drug-likeness (QED) is 0.696. The zero-order chi connectivity index (χ0) is 14.1. The topological polar surface area (TPSA) is 34.4 Å². The van der Waals surface area contributed by atoms with E-state index in [0.29, 0.717) is 16.4 Å². The minimum absolute atomic E-state index is 0.174. The summed E-state index contributed by atoms with van der Waals surface area (Å²) in [5.74, 6) is -0.662. The molecule has 0 aliphatic rings. The monoisotopic (exact) mass is 310 g/mol. The van der Waals surface area contributed by atoms with Crippen molar-refractivity contribution in [1.29, 1.82) is 0 Å². The molecule has 3 nitrogen and oxygen atoms in total. The summed E-state index contributed by atoms with van der Waals surface area (Å²) in [5.41, 5.74) is 0.373. The number of hydrogen-bond donors (Lipinski definition) is 0. The van der Waals surface area contributed by atoms with Gasteiger partial charge in [-0.15, -0.1) is 23.1 Å². The average Bonchev–Trinajstić information content (AvgIpc) is 2.89. The maximum Gasteiger partial charge on any atom is 0.258 e. The molecule has 0 N–H and O–H groups in total. The molecule has 0 saturated heterocycles. The molecule has 0 saturated carbocycles. The fourth-order valence-corrected chi connectivity index (χ4v) is 3.29. The summed E-state index contributed by atoms with van der Waals surface area (Å²) in [6.45, 7) is 0. The number of thiazole rings is 1. The second-order valence-electron chi connectivity index (χ2n) is 4.00. The lowest BCUT2D eigenvalue weighted by molar-refractivity contribution is 0.577. The maximum atomic E-state index is 13.5. The Balaban J connectivity index is 1.86. The molecule has 0 bridgehead atoms. The summed E-state index contributed by atoms with van der Waals surface area (Å²) in [4.78, 5) is 16.9. The molecule has 0 radical (unpaired) electrons. The zero-order valence-corrected chi connectivity index (χ0v) is 11.7. The largest absolute Gasteiger partial charge is 0.269 e. The van der Waals surface area contributed by atoms with Crippen LogP contribution in [0.3, 0.4) is 0 Å². The van der Waals surface area contributed by atoms with E-state index < -0.39 is 11.6 Å². The van der Waals surface area contributed by atoms with E-state index in [1.807, 2.05) is 0 Å². The van der Waals surface area contributed by atoms with Crippen molar-refractivity contribution in [1.82, 2.24) is 9.38 Å². The first-order chi connectivity index (χ1) is 9.63. The number of rotatable bonds is 3. The zero-order valence-electron chi connectivity index (χ0n) is 10.0. The third-order valence-corrected chi connectivity index (χ3v) is 4.45. The van der Waals surface area contributed by atoms with Crippen molar-refractivity contribution >= 4 is 28.1 Å². The minimum atomic E-state index is -0.490. The number of halogens is 2. The van der Waals surface area contributed by atoms with Crippen molar-refractivity contribution in [3.8, 4) is 0 Å². The van der Waals surface area contributed by atoms with Crippen LogP contribution < -0.4 is 5.56 Å². The van der Waals surface area contributed by atoms with Gasteiger partial charge in [0.05, 0.1) is 5.69 Å². The second-order valence-corrected chi connectivity index (χ2v) is 5.89. The normalized spacial score (nSPS) is 11.1. The number of benzene rings is 1. The standard InChI is InChI=1S/C13H8F2N2OS2/c14-8-1-2-10(15)11(5-8)20-7-9-6-12(18)17-3-4-19-13(17)16-9/h1-6H,7H2. The molecule has 0 unspecified atom stereocenters. The van der Waals surface area contributed by atoms with Crippen molar-refractivity contribution in [2.75, 3.05) is 0 Å². The predicted molar refractivity (Wildman–Crippen MR) is 75.3 cm³/mol. The molecule has 7 heteroatoms. The van der Waals surface area contributed by atoms with Crippen molar-refractivity contribution in [2.24, 2.45) is 0 Å². The first-order valence-corrected chi connectivity index (χ1v) is 7.53. The van der Waals surface area contributed by atoms with Crippen LogP contribution in [0.1, 0.15) is 5.69 Å². The highest BCUT2D eigenvalue weighted by atomic mass is 32.2. The molecular weight excluding hydrogens is 302 g/mol. The third-order valence-electron chi connectivity index (χ3n) is 2.63. The van der Waals surface area contributed by atoms with Gasteiger partial charge in [0.2, 0.25) is 0 Å². The van der Waals surface area contributed by atoms with Gasteiger partial charge in [0, 0.05) is 28.3 Å². The highest BCUT2D eigenvalue weighted by molar-refractivity contribution is 7.98.